The minimum atomic E-state index is -1.60. The summed E-state index contributed by atoms with van der Waals surface area (Å²) in [5, 5.41) is 64.1. The number of unbranched alkanes of at least 4 members (excludes halogenated alkanes) is 18. The molecule has 0 aromatic carbocycles. The summed E-state index contributed by atoms with van der Waals surface area (Å²) in [6.45, 7) is 3.53. The van der Waals surface area contributed by atoms with Gasteiger partial charge in [-0.1, -0.05) is 142 Å². The third kappa shape index (κ3) is 19.0. The molecule has 7 N–H and O–H groups in total. The molecule has 272 valence electrons. The van der Waals surface area contributed by atoms with Gasteiger partial charge in [-0.2, -0.15) is 0 Å². The van der Waals surface area contributed by atoms with Crippen molar-refractivity contribution in [3.63, 3.8) is 0 Å². The second kappa shape index (κ2) is 27.8. The number of carbonyl (C=O) groups excluding carboxylic acids is 1. The van der Waals surface area contributed by atoms with Crippen LogP contribution in [0.5, 0.6) is 0 Å². The van der Waals surface area contributed by atoms with Gasteiger partial charge in [0, 0.05) is 0 Å². The van der Waals surface area contributed by atoms with Crippen LogP contribution in [-0.2, 0) is 14.3 Å². The lowest BCUT2D eigenvalue weighted by molar-refractivity contribution is -0.302. The SMILES string of the molecule is CCCCCCCCCCCC/C=C/C(O)C(COC1OC(CO)C(O)C(O)C1O)NC(=O)C(O)CCCCCCCCCCC. The minimum Gasteiger partial charge on any atom is -0.394 e. The van der Waals surface area contributed by atoms with Gasteiger partial charge in [-0.3, -0.25) is 4.79 Å². The lowest BCUT2D eigenvalue weighted by Gasteiger charge is -2.40. The smallest absolute Gasteiger partial charge is 0.249 e. The van der Waals surface area contributed by atoms with E-state index in [-0.39, 0.29) is 6.61 Å². The summed E-state index contributed by atoms with van der Waals surface area (Å²) in [5.41, 5.74) is 0. The average Bonchev–Trinajstić information content (AvgIpc) is 3.05. The van der Waals surface area contributed by atoms with Gasteiger partial charge in [-0.15, -0.1) is 0 Å². The quantitative estimate of drug-likeness (QED) is 0.0441. The van der Waals surface area contributed by atoms with Crippen molar-refractivity contribution >= 4 is 5.91 Å². The van der Waals surface area contributed by atoms with Crippen LogP contribution in [-0.4, -0.2) is 98.7 Å². The molecule has 10 heteroatoms. The predicted molar refractivity (Wildman–Crippen MR) is 181 cm³/mol. The topological polar surface area (TPSA) is 169 Å². The van der Waals surface area contributed by atoms with Gasteiger partial charge in [0.2, 0.25) is 5.91 Å². The second-order valence-corrected chi connectivity index (χ2v) is 13.2. The Morgan fingerprint density at radius 3 is 1.76 bits per heavy atom. The second-order valence-electron chi connectivity index (χ2n) is 13.2. The van der Waals surface area contributed by atoms with Crippen LogP contribution in [0.4, 0.5) is 0 Å². The van der Waals surface area contributed by atoms with Crippen LogP contribution < -0.4 is 5.32 Å². The zero-order valence-electron chi connectivity index (χ0n) is 28.9. The number of hydrogen-bond acceptors (Lipinski definition) is 9. The van der Waals surface area contributed by atoms with E-state index in [2.05, 4.69) is 19.2 Å². The summed E-state index contributed by atoms with van der Waals surface area (Å²) in [7, 11) is 0. The van der Waals surface area contributed by atoms with Gasteiger partial charge in [0.25, 0.3) is 0 Å². The number of nitrogens with one attached hydrogen (secondary N) is 1. The first-order chi connectivity index (χ1) is 22.3. The number of rotatable bonds is 29. The number of hydrogen-bond donors (Lipinski definition) is 7. The predicted octanol–water partition coefficient (Wildman–Crippen LogP) is 4.80. The normalized spacial score (nSPS) is 23.9. The van der Waals surface area contributed by atoms with E-state index in [1.807, 2.05) is 6.08 Å². The highest BCUT2D eigenvalue weighted by molar-refractivity contribution is 5.80. The fraction of sp³-hybridized carbons (Fsp3) is 0.917. The highest BCUT2D eigenvalue weighted by atomic mass is 16.7. The molecule has 10 nitrogen and oxygen atoms in total. The van der Waals surface area contributed by atoms with Crippen LogP contribution in [0, 0.1) is 0 Å². The Labute approximate surface area is 279 Å². The van der Waals surface area contributed by atoms with E-state index in [0.717, 1.165) is 44.9 Å². The van der Waals surface area contributed by atoms with Crippen molar-refractivity contribution in [1.82, 2.24) is 5.32 Å². The van der Waals surface area contributed by atoms with Gasteiger partial charge in [-0.05, 0) is 19.3 Å². The highest BCUT2D eigenvalue weighted by Gasteiger charge is 2.44. The van der Waals surface area contributed by atoms with Crippen LogP contribution in [0.15, 0.2) is 12.2 Å². The molecule has 0 aromatic heterocycles. The molecule has 1 heterocycles. The molecule has 0 bridgehead atoms. The van der Waals surface area contributed by atoms with Crippen LogP contribution in [0.2, 0.25) is 0 Å². The Bertz CT molecular complexity index is 753. The molecule has 1 amide bonds. The summed E-state index contributed by atoms with van der Waals surface area (Å²) in [4.78, 5) is 12.9. The Balaban J connectivity index is 2.57. The number of allylic oxidation sites excluding steroid dienone is 1. The van der Waals surface area contributed by atoms with Crippen LogP contribution in [0.3, 0.4) is 0 Å². The number of aliphatic hydroxyl groups excluding tert-OH is 6. The van der Waals surface area contributed by atoms with E-state index in [1.165, 1.54) is 83.5 Å². The summed E-state index contributed by atoms with van der Waals surface area (Å²) in [5.74, 6) is -0.621. The molecule has 1 saturated heterocycles. The highest BCUT2D eigenvalue weighted by Crippen LogP contribution is 2.22. The molecule has 1 aliphatic heterocycles. The summed E-state index contributed by atoms with van der Waals surface area (Å²) in [6.07, 6.45) is 17.4. The Morgan fingerprint density at radius 1 is 0.739 bits per heavy atom. The number of carbonyl (C=O) groups is 1. The molecule has 0 aliphatic carbocycles. The Hall–Kier alpha value is -1.11. The molecule has 1 rings (SSSR count). The number of aliphatic hydroxyl groups is 6. The first-order valence-electron chi connectivity index (χ1n) is 18.5. The summed E-state index contributed by atoms with van der Waals surface area (Å²) >= 11 is 0. The van der Waals surface area contributed by atoms with E-state index < -0.39 is 61.5 Å². The molecule has 0 radical (unpaired) electrons. The van der Waals surface area contributed by atoms with Crippen molar-refractivity contribution in [3.8, 4) is 0 Å². The molecule has 0 spiro atoms. The van der Waals surface area contributed by atoms with Crippen LogP contribution in [0.25, 0.3) is 0 Å². The molecule has 0 saturated carbocycles. The molecule has 0 aromatic rings. The lowest BCUT2D eigenvalue weighted by Crippen LogP contribution is -2.60. The molecule has 8 unspecified atom stereocenters. The summed E-state index contributed by atoms with van der Waals surface area (Å²) < 4.78 is 11.0. The molecule has 1 fully saturated rings. The van der Waals surface area contributed by atoms with E-state index >= 15 is 0 Å². The molecule has 46 heavy (non-hydrogen) atoms. The van der Waals surface area contributed by atoms with Gasteiger partial charge in [0.05, 0.1) is 25.4 Å². The lowest BCUT2D eigenvalue weighted by atomic mass is 9.99. The standard InChI is InChI=1S/C36H69NO9/c1-3-5-7-9-11-13-14-15-17-18-20-22-24-29(39)28(27-45-36-34(43)33(42)32(41)31(26-38)46-36)37-35(44)30(40)25-23-21-19-16-12-10-8-6-4-2/h22,24,28-34,36,38-43H,3-21,23,25-27H2,1-2H3,(H,37,44)/b24-22+. The van der Waals surface area contributed by atoms with Crippen molar-refractivity contribution in [2.24, 2.45) is 0 Å². The first-order valence-corrected chi connectivity index (χ1v) is 18.5. The van der Waals surface area contributed by atoms with E-state index in [0.29, 0.717) is 6.42 Å². The molecule has 8 atom stereocenters. The fourth-order valence-electron chi connectivity index (χ4n) is 5.81. The van der Waals surface area contributed by atoms with Gasteiger partial charge >= 0.3 is 0 Å². The number of ether oxygens (including phenoxy) is 2. The van der Waals surface area contributed by atoms with E-state index in [1.54, 1.807) is 6.08 Å². The van der Waals surface area contributed by atoms with E-state index in [4.69, 9.17) is 9.47 Å². The van der Waals surface area contributed by atoms with Crippen molar-refractivity contribution in [1.29, 1.82) is 0 Å². The average molecular weight is 660 g/mol. The van der Waals surface area contributed by atoms with Gasteiger partial charge < -0.3 is 45.4 Å². The van der Waals surface area contributed by atoms with E-state index in [9.17, 15) is 35.4 Å². The maximum absolute atomic E-state index is 12.9. The molecular weight excluding hydrogens is 590 g/mol. The zero-order chi connectivity index (χ0) is 34.0. The third-order valence-corrected chi connectivity index (χ3v) is 8.97. The maximum Gasteiger partial charge on any atom is 0.249 e. The van der Waals surface area contributed by atoms with Crippen LogP contribution in [0.1, 0.15) is 149 Å². The van der Waals surface area contributed by atoms with Crippen molar-refractivity contribution in [2.45, 2.75) is 198 Å². The zero-order valence-corrected chi connectivity index (χ0v) is 28.9. The van der Waals surface area contributed by atoms with Crippen LogP contribution >= 0.6 is 0 Å². The Morgan fingerprint density at radius 2 is 1.24 bits per heavy atom. The van der Waals surface area contributed by atoms with Gasteiger partial charge in [0.1, 0.15) is 30.5 Å². The largest absolute Gasteiger partial charge is 0.394 e. The fourth-order valence-corrected chi connectivity index (χ4v) is 5.81. The third-order valence-electron chi connectivity index (χ3n) is 8.97. The maximum atomic E-state index is 12.9. The number of amides is 1. The minimum absolute atomic E-state index is 0.303. The van der Waals surface area contributed by atoms with Gasteiger partial charge in [0.15, 0.2) is 6.29 Å². The first kappa shape index (κ1) is 42.9. The van der Waals surface area contributed by atoms with Crippen molar-refractivity contribution in [2.75, 3.05) is 13.2 Å². The van der Waals surface area contributed by atoms with Crippen molar-refractivity contribution in [3.05, 3.63) is 12.2 Å². The Kier molecular flexibility index (Phi) is 25.9. The summed E-state index contributed by atoms with van der Waals surface area (Å²) in [6, 6.07) is -0.971. The monoisotopic (exact) mass is 659 g/mol. The molecule has 1 aliphatic rings. The van der Waals surface area contributed by atoms with Crippen molar-refractivity contribution < 1.29 is 44.9 Å². The van der Waals surface area contributed by atoms with Gasteiger partial charge in [-0.25, -0.2) is 0 Å². The molecular formula is C36H69NO9.